The number of hydrogen-bond donors (Lipinski definition) is 1. The van der Waals surface area contributed by atoms with Crippen LogP contribution >= 0.6 is 22.6 Å². The summed E-state index contributed by atoms with van der Waals surface area (Å²) >= 11 is 2.31. The minimum absolute atomic E-state index is 0.238. The van der Waals surface area contributed by atoms with Gasteiger partial charge in [0.05, 0.1) is 6.54 Å². The highest BCUT2D eigenvalue weighted by Gasteiger charge is 2.21. The lowest BCUT2D eigenvalue weighted by Crippen LogP contribution is -2.23. The smallest absolute Gasteiger partial charge is 0.123 e. The highest BCUT2D eigenvalue weighted by Crippen LogP contribution is 2.28. The van der Waals surface area contributed by atoms with Crippen LogP contribution in [-0.2, 0) is 6.42 Å². The zero-order valence-corrected chi connectivity index (χ0v) is 12.1. The molecular weight excluding hydrogens is 337 g/mol. The molecule has 1 heterocycles. The van der Waals surface area contributed by atoms with Crippen molar-refractivity contribution in [3.05, 3.63) is 57.7 Å². The van der Waals surface area contributed by atoms with Gasteiger partial charge in [0.1, 0.15) is 11.9 Å². The Balaban J connectivity index is 1.58. The zero-order chi connectivity index (χ0) is 12.4. The second kappa shape index (κ2) is 5.18. The number of hydrogen-bond acceptors (Lipinski definition) is 2. The highest BCUT2D eigenvalue weighted by molar-refractivity contribution is 14.1. The summed E-state index contributed by atoms with van der Waals surface area (Å²) in [5, 5.41) is 3.42. The van der Waals surface area contributed by atoms with E-state index in [1.165, 1.54) is 9.13 Å². The molecule has 0 fully saturated rings. The molecule has 0 bridgehead atoms. The van der Waals surface area contributed by atoms with Gasteiger partial charge in [-0.3, -0.25) is 0 Å². The number of anilines is 1. The average molecular weight is 351 g/mol. The monoisotopic (exact) mass is 351 g/mol. The van der Waals surface area contributed by atoms with Crippen LogP contribution in [0.5, 0.6) is 5.75 Å². The van der Waals surface area contributed by atoms with Crippen LogP contribution in [0.2, 0.25) is 0 Å². The Morgan fingerprint density at radius 3 is 2.67 bits per heavy atom. The Morgan fingerprint density at radius 1 is 1.11 bits per heavy atom. The third-order valence-corrected chi connectivity index (χ3v) is 3.81. The zero-order valence-electron chi connectivity index (χ0n) is 9.90. The number of fused-ring (bicyclic) bond motifs is 1. The van der Waals surface area contributed by atoms with Gasteiger partial charge in [-0.25, -0.2) is 0 Å². The normalized spacial score (nSPS) is 17.1. The average Bonchev–Trinajstić information content (AvgIpc) is 2.81. The molecule has 0 aliphatic carbocycles. The summed E-state index contributed by atoms with van der Waals surface area (Å²) in [6.45, 7) is 0.843. The molecule has 2 aromatic carbocycles. The molecule has 3 rings (SSSR count). The van der Waals surface area contributed by atoms with Crippen LogP contribution in [0.15, 0.2) is 48.5 Å². The predicted octanol–water partition coefficient (Wildman–Crippen LogP) is 3.71. The van der Waals surface area contributed by atoms with E-state index in [0.717, 1.165) is 24.4 Å². The van der Waals surface area contributed by atoms with Gasteiger partial charge in [-0.05, 0) is 58.5 Å². The van der Waals surface area contributed by atoms with Crippen molar-refractivity contribution in [2.45, 2.75) is 12.5 Å². The summed E-state index contributed by atoms with van der Waals surface area (Å²) in [6.07, 6.45) is 1.23. The number of ether oxygens (including phenoxy) is 1. The van der Waals surface area contributed by atoms with Crippen molar-refractivity contribution >= 4 is 28.3 Å². The van der Waals surface area contributed by atoms with Crippen LogP contribution in [-0.4, -0.2) is 12.6 Å². The summed E-state index contributed by atoms with van der Waals surface area (Å²) in [5.41, 5.74) is 2.46. The number of halogens is 1. The molecule has 1 aliphatic heterocycles. The fourth-order valence-electron chi connectivity index (χ4n) is 2.17. The van der Waals surface area contributed by atoms with Crippen molar-refractivity contribution < 1.29 is 4.74 Å². The molecule has 0 amide bonds. The molecule has 1 unspecified atom stereocenters. The fourth-order valence-corrected chi connectivity index (χ4v) is 2.53. The molecule has 0 spiro atoms. The minimum Gasteiger partial charge on any atom is -0.488 e. The fraction of sp³-hybridized carbons (Fsp3) is 0.200. The molecular formula is C15H14INO. The van der Waals surface area contributed by atoms with Gasteiger partial charge < -0.3 is 10.1 Å². The van der Waals surface area contributed by atoms with Gasteiger partial charge in [-0.15, -0.1) is 0 Å². The summed E-state index contributed by atoms with van der Waals surface area (Å²) in [7, 11) is 0. The molecule has 1 aliphatic rings. The van der Waals surface area contributed by atoms with E-state index in [-0.39, 0.29) is 6.10 Å². The Kier molecular flexibility index (Phi) is 3.41. The van der Waals surface area contributed by atoms with Crippen LogP contribution in [0.4, 0.5) is 5.69 Å². The predicted molar refractivity (Wildman–Crippen MR) is 82.2 cm³/mol. The number of para-hydroxylation sites is 1. The van der Waals surface area contributed by atoms with Crippen molar-refractivity contribution in [1.29, 1.82) is 0 Å². The summed E-state index contributed by atoms with van der Waals surface area (Å²) in [6, 6.07) is 16.7. The van der Waals surface area contributed by atoms with Crippen LogP contribution in [0.25, 0.3) is 0 Å². The lowest BCUT2D eigenvalue weighted by Gasteiger charge is -2.12. The van der Waals surface area contributed by atoms with Gasteiger partial charge in [0.2, 0.25) is 0 Å². The summed E-state index contributed by atoms with van der Waals surface area (Å²) < 4.78 is 7.14. The molecule has 1 N–H and O–H groups in total. The highest BCUT2D eigenvalue weighted by atomic mass is 127. The Labute approximate surface area is 121 Å². The lowest BCUT2D eigenvalue weighted by molar-refractivity contribution is 0.246. The first-order valence-corrected chi connectivity index (χ1v) is 7.13. The van der Waals surface area contributed by atoms with Crippen LogP contribution in [0.1, 0.15) is 5.56 Å². The molecule has 0 aromatic heterocycles. The van der Waals surface area contributed by atoms with Crippen molar-refractivity contribution in [2.24, 2.45) is 0 Å². The second-order valence-corrected chi connectivity index (χ2v) is 5.69. The molecule has 18 heavy (non-hydrogen) atoms. The maximum atomic E-state index is 5.89. The topological polar surface area (TPSA) is 21.3 Å². The Hall–Kier alpha value is -1.23. The maximum absolute atomic E-state index is 5.89. The summed E-state index contributed by atoms with van der Waals surface area (Å²) in [4.78, 5) is 0. The molecule has 0 radical (unpaired) electrons. The van der Waals surface area contributed by atoms with E-state index < -0.39 is 0 Å². The molecule has 3 heteroatoms. The molecule has 0 saturated carbocycles. The van der Waals surface area contributed by atoms with Crippen molar-refractivity contribution in [1.82, 2.24) is 0 Å². The van der Waals surface area contributed by atoms with Gasteiger partial charge in [-0.2, -0.15) is 0 Å². The van der Waals surface area contributed by atoms with E-state index in [2.05, 4.69) is 64.3 Å². The maximum Gasteiger partial charge on any atom is 0.123 e. The van der Waals surface area contributed by atoms with Gasteiger partial charge in [0.25, 0.3) is 0 Å². The molecule has 0 saturated heterocycles. The van der Waals surface area contributed by atoms with E-state index >= 15 is 0 Å². The summed E-state index contributed by atoms with van der Waals surface area (Å²) in [5.74, 6) is 1.03. The minimum atomic E-state index is 0.238. The lowest BCUT2D eigenvalue weighted by atomic mass is 10.1. The SMILES string of the molecule is Ic1ccc(NCC2Cc3ccccc3O2)cc1. The first kappa shape index (κ1) is 11.8. The van der Waals surface area contributed by atoms with E-state index in [4.69, 9.17) is 4.74 Å². The quantitative estimate of drug-likeness (QED) is 0.852. The van der Waals surface area contributed by atoms with E-state index in [1.807, 2.05) is 12.1 Å². The largest absolute Gasteiger partial charge is 0.488 e. The Morgan fingerprint density at radius 2 is 1.89 bits per heavy atom. The Bertz CT molecular complexity index is 513. The van der Waals surface area contributed by atoms with Crippen LogP contribution in [0, 0.1) is 3.57 Å². The van der Waals surface area contributed by atoms with Crippen molar-refractivity contribution in [2.75, 3.05) is 11.9 Å². The van der Waals surface area contributed by atoms with Crippen molar-refractivity contribution in [3.63, 3.8) is 0 Å². The second-order valence-electron chi connectivity index (χ2n) is 4.44. The third kappa shape index (κ3) is 2.61. The third-order valence-electron chi connectivity index (χ3n) is 3.09. The molecule has 92 valence electrons. The van der Waals surface area contributed by atoms with Gasteiger partial charge in [-0.1, -0.05) is 18.2 Å². The standard InChI is InChI=1S/C15H14INO/c16-12-5-7-13(8-6-12)17-10-14-9-11-3-1-2-4-15(11)18-14/h1-8,14,17H,9-10H2. The van der Waals surface area contributed by atoms with Crippen molar-refractivity contribution in [3.8, 4) is 5.75 Å². The first-order chi connectivity index (χ1) is 8.81. The number of nitrogens with one attached hydrogen (secondary N) is 1. The van der Waals surface area contributed by atoms with Gasteiger partial charge in [0, 0.05) is 15.7 Å². The van der Waals surface area contributed by atoms with E-state index in [1.54, 1.807) is 0 Å². The molecule has 1 atom stereocenters. The number of benzene rings is 2. The molecule has 2 nitrogen and oxygen atoms in total. The van der Waals surface area contributed by atoms with Crippen LogP contribution < -0.4 is 10.1 Å². The van der Waals surface area contributed by atoms with E-state index in [9.17, 15) is 0 Å². The van der Waals surface area contributed by atoms with Crippen LogP contribution in [0.3, 0.4) is 0 Å². The van der Waals surface area contributed by atoms with Gasteiger partial charge in [0.15, 0.2) is 0 Å². The molecule has 2 aromatic rings. The number of rotatable bonds is 3. The first-order valence-electron chi connectivity index (χ1n) is 6.05. The van der Waals surface area contributed by atoms with E-state index in [0.29, 0.717) is 0 Å². The van der Waals surface area contributed by atoms with Gasteiger partial charge >= 0.3 is 0 Å².